The molecule has 0 aliphatic carbocycles. The number of rotatable bonds is 3. The Balaban J connectivity index is 1.71. The van der Waals surface area contributed by atoms with Crippen molar-refractivity contribution in [3.8, 4) is 0 Å². The molecule has 1 aliphatic heterocycles. The maximum atomic E-state index is 13.2. The van der Waals surface area contributed by atoms with E-state index in [0.29, 0.717) is 24.5 Å². The number of aryl methyl sites for hydroxylation is 2. The Bertz CT molecular complexity index is 1260. The van der Waals surface area contributed by atoms with Crippen molar-refractivity contribution in [1.82, 2.24) is 15.0 Å². The summed E-state index contributed by atoms with van der Waals surface area (Å²) in [6.07, 6.45) is 5.30. The standard InChI is InChI=1S/C23H23N5O2/c1-14-12-18-17-5-7-24-13-19(17)26-20(18)21(22(14)28-8-10-30-11-9-28)27-23(29)16-4-3-6-25-15(16)2/h3-7,12-13,26H,8-11H2,1-2H3,(H,27,29). The van der Waals surface area contributed by atoms with Crippen molar-refractivity contribution < 1.29 is 9.53 Å². The number of aromatic amines is 1. The molecule has 152 valence electrons. The minimum atomic E-state index is -0.168. The summed E-state index contributed by atoms with van der Waals surface area (Å²) in [5.74, 6) is -0.168. The highest BCUT2D eigenvalue weighted by Crippen LogP contribution is 2.40. The summed E-state index contributed by atoms with van der Waals surface area (Å²) in [6.45, 7) is 6.84. The smallest absolute Gasteiger partial charge is 0.257 e. The summed E-state index contributed by atoms with van der Waals surface area (Å²) in [7, 11) is 0. The summed E-state index contributed by atoms with van der Waals surface area (Å²) in [5.41, 5.74) is 6.04. The third-order valence-electron chi connectivity index (χ3n) is 5.68. The van der Waals surface area contributed by atoms with Crippen LogP contribution in [0.25, 0.3) is 21.8 Å². The molecule has 0 atom stereocenters. The molecule has 1 aliphatic rings. The number of nitrogens with zero attached hydrogens (tertiary/aromatic N) is 3. The number of fused-ring (bicyclic) bond motifs is 3. The van der Waals surface area contributed by atoms with Crippen LogP contribution >= 0.6 is 0 Å². The normalized spacial score (nSPS) is 14.4. The minimum Gasteiger partial charge on any atom is -0.378 e. The lowest BCUT2D eigenvalue weighted by Gasteiger charge is -2.32. The number of pyridine rings is 2. The third kappa shape index (κ3) is 3.07. The fourth-order valence-electron chi connectivity index (χ4n) is 4.23. The van der Waals surface area contributed by atoms with Gasteiger partial charge in [0, 0.05) is 41.9 Å². The molecule has 4 aromatic rings. The number of morpholine rings is 1. The molecule has 7 nitrogen and oxygen atoms in total. The van der Waals surface area contributed by atoms with E-state index in [-0.39, 0.29) is 5.91 Å². The van der Waals surface area contributed by atoms with Gasteiger partial charge in [0.15, 0.2) is 0 Å². The molecule has 1 saturated heterocycles. The van der Waals surface area contributed by atoms with E-state index >= 15 is 0 Å². The van der Waals surface area contributed by atoms with Crippen LogP contribution in [0.1, 0.15) is 21.6 Å². The molecule has 0 radical (unpaired) electrons. The fourth-order valence-corrected chi connectivity index (χ4v) is 4.23. The topological polar surface area (TPSA) is 83.1 Å². The Morgan fingerprint density at radius 2 is 2.00 bits per heavy atom. The Morgan fingerprint density at radius 1 is 1.17 bits per heavy atom. The van der Waals surface area contributed by atoms with Gasteiger partial charge in [0.2, 0.25) is 0 Å². The number of hydrogen-bond acceptors (Lipinski definition) is 5. The van der Waals surface area contributed by atoms with Crippen LogP contribution in [-0.4, -0.2) is 47.2 Å². The zero-order valence-corrected chi connectivity index (χ0v) is 17.0. The maximum Gasteiger partial charge on any atom is 0.257 e. The largest absolute Gasteiger partial charge is 0.378 e. The summed E-state index contributed by atoms with van der Waals surface area (Å²) < 4.78 is 5.55. The Kier molecular flexibility index (Phi) is 4.59. The number of hydrogen-bond donors (Lipinski definition) is 2. The van der Waals surface area contributed by atoms with Gasteiger partial charge < -0.3 is 19.9 Å². The molecule has 0 unspecified atom stereocenters. The lowest BCUT2D eigenvalue weighted by molar-refractivity contribution is 0.102. The predicted molar refractivity (Wildman–Crippen MR) is 118 cm³/mol. The molecule has 7 heteroatoms. The molecule has 1 fully saturated rings. The highest BCUT2D eigenvalue weighted by atomic mass is 16.5. The first-order valence-electron chi connectivity index (χ1n) is 10.1. The van der Waals surface area contributed by atoms with Crippen LogP contribution in [0.5, 0.6) is 0 Å². The first kappa shape index (κ1) is 18.6. The van der Waals surface area contributed by atoms with Gasteiger partial charge in [-0.05, 0) is 43.7 Å². The van der Waals surface area contributed by atoms with Crippen molar-refractivity contribution in [3.63, 3.8) is 0 Å². The number of amides is 1. The van der Waals surface area contributed by atoms with E-state index < -0.39 is 0 Å². The molecule has 3 aromatic heterocycles. The van der Waals surface area contributed by atoms with Crippen LogP contribution in [0.2, 0.25) is 0 Å². The predicted octanol–water partition coefficient (Wildman–Crippen LogP) is 3.82. The van der Waals surface area contributed by atoms with E-state index in [1.807, 2.05) is 19.2 Å². The van der Waals surface area contributed by atoms with E-state index in [0.717, 1.165) is 51.8 Å². The van der Waals surface area contributed by atoms with Crippen LogP contribution in [0.15, 0.2) is 42.9 Å². The number of carbonyl (C=O) groups is 1. The molecule has 0 bridgehead atoms. The number of anilines is 2. The van der Waals surface area contributed by atoms with Gasteiger partial charge in [-0.1, -0.05) is 0 Å². The third-order valence-corrected chi connectivity index (χ3v) is 5.68. The van der Waals surface area contributed by atoms with Crippen molar-refractivity contribution in [1.29, 1.82) is 0 Å². The summed E-state index contributed by atoms with van der Waals surface area (Å²) in [5, 5.41) is 5.35. The van der Waals surface area contributed by atoms with Crippen LogP contribution in [0.3, 0.4) is 0 Å². The maximum absolute atomic E-state index is 13.2. The molecule has 0 saturated carbocycles. The SMILES string of the molecule is Cc1cc2c([nH]c3cnccc32)c(NC(=O)c2cccnc2C)c1N1CCOCC1. The van der Waals surface area contributed by atoms with Crippen LogP contribution < -0.4 is 10.2 Å². The highest BCUT2D eigenvalue weighted by molar-refractivity contribution is 6.18. The first-order chi connectivity index (χ1) is 14.6. The number of benzene rings is 1. The van der Waals surface area contributed by atoms with Gasteiger partial charge in [0.1, 0.15) is 0 Å². The monoisotopic (exact) mass is 401 g/mol. The van der Waals surface area contributed by atoms with Gasteiger partial charge in [-0.25, -0.2) is 0 Å². The van der Waals surface area contributed by atoms with Crippen molar-refractivity contribution >= 4 is 39.1 Å². The highest BCUT2D eigenvalue weighted by Gasteiger charge is 2.23. The molecule has 30 heavy (non-hydrogen) atoms. The number of H-pyrrole nitrogens is 1. The lowest BCUT2D eigenvalue weighted by atomic mass is 10.0. The molecule has 0 spiro atoms. The van der Waals surface area contributed by atoms with Gasteiger partial charge in [0.25, 0.3) is 5.91 Å². The Morgan fingerprint density at radius 3 is 2.80 bits per heavy atom. The van der Waals surface area contributed by atoms with Crippen molar-refractivity contribution in [2.45, 2.75) is 13.8 Å². The molecular formula is C23H23N5O2. The van der Waals surface area contributed by atoms with Crippen molar-refractivity contribution in [3.05, 3.63) is 59.7 Å². The summed E-state index contributed by atoms with van der Waals surface area (Å²) in [6, 6.07) is 7.77. The van der Waals surface area contributed by atoms with Gasteiger partial charge in [-0.15, -0.1) is 0 Å². The molecule has 5 rings (SSSR count). The number of nitrogens with one attached hydrogen (secondary N) is 2. The summed E-state index contributed by atoms with van der Waals surface area (Å²) in [4.78, 5) is 27.5. The molecular weight excluding hydrogens is 378 g/mol. The van der Waals surface area contributed by atoms with Gasteiger partial charge in [-0.3, -0.25) is 14.8 Å². The van der Waals surface area contributed by atoms with Crippen LogP contribution in [0.4, 0.5) is 11.4 Å². The second-order valence-electron chi connectivity index (χ2n) is 7.58. The number of ether oxygens (including phenoxy) is 1. The Labute approximate surface area is 174 Å². The number of carbonyl (C=O) groups excluding carboxylic acids is 1. The van der Waals surface area contributed by atoms with Crippen LogP contribution in [0, 0.1) is 13.8 Å². The van der Waals surface area contributed by atoms with E-state index in [1.165, 1.54) is 0 Å². The second kappa shape index (κ2) is 7.42. The van der Waals surface area contributed by atoms with Crippen molar-refractivity contribution in [2.24, 2.45) is 0 Å². The molecule has 1 amide bonds. The fraction of sp³-hybridized carbons (Fsp3) is 0.261. The molecule has 1 aromatic carbocycles. The molecule has 4 heterocycles. The average molecular weight is 401 g/mol. The number of aromatic nitrogens is 3. The lowest BCUT2D eigenvalue weighted by Crippen LogP contribution is -2.37. The minimum absolute atomic E-state index is 0.168. The van der Waals surface area contributed by atoms with Crippen LogP contribution in [-0.2, 0) is 4.74 Å². The Hall–Kier alpha value is -3.45. The second-order valence-corrected chi connectivity index (χ2v) is 7.58. The zero-order chi connectivity index (χ0) is 20.7. The van der Waals surface area contributed by atoms with Gasteiger partial charge >= 0.3 is 0 Å². The van der Waals surface area contributed by atoms with Gasteiger partial charge in [0.05, 0.1) is 47.4 Å². The summed E-state index contributed by atoms with van der Waals surface area (Å²) >= 11 is 0. The van der Waals surface area contributed by atoms with E-state index in [4.69, 9.17) is 4.74 Å². The van der Waals surface area contributed by atoms with E-state index in [2.05, 4.69) is 38.2 Å². The first-order valence-corrected chi connectivity index (χ1v) is 10.1. The van der Waals surface area contributed by atoms with E-state index in [9.17, 15) is 4.79 Å². The zero-order valence-electron chi connectivity index (χ0n) is 17.0. The van der Waals surface area contributed by atoms with Crippen molar-refractivity contribution in [2.75, 3.05) is 36.5 Å². The molecule has 2 N–H and O–H groups in total. The van der Waals surface area contributed by atoms with E-state index in [1.54, 1.807) is 24.5 Å². The van der Waals surface area contributed by atoms with Gasteiger partial charge in [-0.2, -0.15) is 0 Å². The average Bonchev–Trinajstić information content (AvgIpc) is 3.13. The quantitative estimate of drug-likeness (QED) is 0.545.